The molecule has 28 heavy (non-hydrogen) atoms. The molecule has 0 radical (unpaired) electrons. The standard InChI is InChI=1S/C25H42O3/c1-4-25(27)15-13-19-17(16-25)8-10-21-20(19)12-14-24(2)18(9-11-22(21)24)6-5-7-23(26)28-3/h17-22,27H,4-16H2,1-3H3/t17?,18?,19-,20?,21?,22?,24?,25-/m0/s1. The summed E-state index contributed by atoms with van der Waals surface area (Å²) in [6.07, 6.45) is 15.4. The van der Waals surface area contributed by atoms with E-state index >= 15 is 0 Å². The zero-order chi connectivity index (χ0) is 19.9. The highest BCUT2D eigenvalue weighted by atomic mass is 16.5. The minimum Gasteiger partial charge on any atom is -0.469 e. The van der Waals surface area contributed by atoms with Crippen LogP contribution in [0.5, 0.6) is 0 Å². The van der Waals surface area contributed by atoms with Crippen molar-refractivity contribution in [3.8, 4) is 0 Å². The molecule has 0 saturated heterocycles. The number of hydrogen-bond donors (Lipinski definition) is 1. The number of fused-ring (bicyclic) bond motifs is 5. The molecule has 0 spiro atoms. The first-order chi connectivity index (χ1) is 13.4. The van der Waals surface area contributed by atoms with E-state index in [9.17, 15) is 9.90 Å². The summed E-state index contributed by atoms with van der Waals surface area (Å²) in [6.45, 7) is 4.75. The van der Waals surface area contributed by atoms with E-state index in [1.54, 1.807) is 0 Å². The maximum absolute atomic E-state index is 11.5. The third kappa shape index (κ3) is 3.55. The Hall–Kier alpha value is -0.570. The van der Waals surface area contributed by atoms with Gasteiger partial charge in [-0.3, -0.25) is 4.79 Å². The maximum atomic E-state index is 11.5. The fourth-order valence-electron chi connectivity index (χ4n) is 8.46. The SMILES string of the molecule is CC[C@]1(O)CC[C@H]2C(CCC3C2CCC2(C)C(CCCC(=O)OC)CCC32)C1. The quantitative estimate of drug-likeness (QED) is 0.609. The van der Waals surface area contributed by atoms with E-state index in [-0.39, 0.29) is 11.6 Å². The summed E-state index contributed by atoms with van der Waals surface area (Å²) in [5.41, 5.74) is 0.137. The lowest BCUT2D eigenvalue weighted by Crippen LogP contribution is -2.50. The molecule has 3 heteroatoms. The van der Waals surface area contributed by atoms with Gasteiger partial charge in [0.2, 0.25) is 0 Å². The molecule has 0 amide bonds. The average molecular weight is 391 g/mol. The molecule has 0 aromatic carbocycles. The van der Waals surface area contributed by atoms with Crippen molar-refractivity contribution in [2.45, 2.75) is 103 Å². The van der Waals surface area contributed by atoms with Gasteiger partial charge < -0.3 is 9.84 Å². The molecule has 0 aromatic heterocycles. The molecule has 0 aromatic rings. The Morgan fingerprint density at radius 1 is 1.04 bits per heavy atom. The zero-order valence-electron chi connectivity index (χ0n) is 18.4. The predicted octanol–water partition coefficient (Wildman–Crippen LogP) is 5.74. The summed E-state index contributed by atoms with van der Waals surface area (Å²) < 4.78 is 4.83. The largest absolute Gasteiger partial charge is 0.469 e. The first-order valence-corrected chi connectivity index (χ1v) is 12.2. The molecule has 8 atom stereocenters. The molecule has 4 aliphatic carbocycles. The smallest absolute Gasteiger partial charge is 0.305 e. The highest BCUT2D eigenvalue weighted by Crippen LogP contribution is 2.65. The third-order valence-corrected chi connectivity index (χ3v) is 10.1. The minimum absolute atomic E-state index is 0.0499. The van der Waals surface area contributed by atoms with Crippen molar-refractivity contribution in [2.75, 3.05) is 7.11 Å². The fourth-order valence-corrected chi connectivity index (χ4v) is 8.46. The molecule has 160 valence electrons. The van der Waals surface area contributed by atoms with Crippen LogP contribution in [-0.2, 0) is 9.53 Å². The van der Waals surface area contributed by atoms with Gasteiger partial charge in [-0.1, -0.05) is 13.8 Å². The third-order valence-electron chi connectivity index (χ3n) is 10.1. The highest BCUT2D eigenvalue weighted by molar-refractivity contribution is 5.68. The van der Waals surface area contributed by atoms with Crippen LogP contribution in [0.2, 0.25) is 0 Å². The molecule has 4 fully saturated rings. The average Bonchev–Trinajstić information content (AvgIpc) is 3.04. The molecule has 3 nitrogen and oxygen atoms in total. The van der Waals surface area contributed by atoms with E-state index in [1.165, 1.54) is 58.5 Å². The van der Waals surface area contributed by atoms with E-state index in [1.807, 2.05) is 0 Å². The van der Waals surface area contributed by atoms with Gasteiger partial charge >= 0.3 is 5.97 Å². The summed E-state index contributed by atoms with van der Waals surface area (Å²) in [6, 6.07) is 0. The maximum Gasteiger partial charge on any atom is 0.305 e. The van der Waals surface area contributed by atoms with Gasteiger partial charge in [0.1, 0.15) is 0 Å². The van der Waals surface area contributed by atoms with Crippen molar-refractivity contribution in [1.29, 1.82) is 0 Å². The van der Waals surface area contributed by atoms with Crippen LogP contribution in [0, 0.1) is 40.9 Å². The summed E-state index contributed by atoms with van der Waals surface area (Å²) in [5, 5.41) is 10.8. The van der Waals surface area contributed by atoms with Crippen molar-refractivity contribution >= 4 is 5.97 Å². The molecule has 4 aliphatic rings. The number of esters is 1. The van der Waals surface area contributed by atoms with Gasteiger partial charge in [-0.2, -0.15) is 0 Å². The molecule has 6 unspecified atom stereocenters. The lowest BCUT2D eigenvalue weighted by atomic mass is 9.48. The second kappa shape index (κ2) is 7.93. The lowest BCUT2D eigenvalue weighted by Gasteiger charge is -2.57. The van der Waals surface area contributed by atoms with Gasteiger partial charge in [-0.25, -0.2) is 0 Å². The lowest BCUT2D eigenvalue weighted by molar-refractivity contribution is -0.140. The van der Waals surface area contributed by atoms with Crippen molar-refractivity contribution in [2.24, 2.45) is 40.9 Å². The zero-order valence-corrected chi connectivity index (χ0v) is 18.4. The molecule has 0 aliphatic heterocycles. The van der Waals surface area contributed by atoms with Gasteiger partial charge in [0.15, 0.2) is 0 Å². The number of carbonyl (C=O) groups excluding carboxylic acids is 1. The number of hydrogen-bond acceptors (Lipinski definition) is 3. The molecule has 4 saturated carbocycles. The minimum atomic E-state index is -0.366. The number of carbonyl (C=O) groups is 1. The van der Waals surface area contributed by atoms with Crippen LogP contribution < -0.4 is 0 Å². The number of ether oxygens (including phenoxy) is 1. The second-order valence-electron chi connectivity index (χ2n) is 11.0. The summed E-state index contributed by atoms with van der Waals surface area (Å²) in [5.74, 6) is 5.17. The van der Waals surface area contributed by atoms with E-state index in [2.05, 4.69) is 13.8 Å². The normalized spacial score (nSPS) is 47.7. The number of aliphatic hydroxyl groups is 1. The first kappa shape index (κ1) is 20.7. The van der Waals surface area contributed by atoms with Crippen LogP contribution in [0.1, 0.15) is 97.3 Å². The van der Waals surface area contributed by atoms with Gasteiger partial charge in [0, 0.05) is 6.42 Å². The number of methoxy groups -OCH3 is 1. The second-order valence-corrected chi connectivity index (χ2v) is 11.0. The topological polar surface area (TPSA) is 46.5 Å². The van der Waals surface area contributed by atoms with E-state index in [0.717, 1.165) is 61.2 Å². The molecule has 0 heterocycles. The Bertz CT molecular complexity index is 574. The van der Waals surface area contributed by atoms with E-state index in [0.29, 0.717) is 11.8 Å². The van der Waals surface area contributed by atoms with Crippen molar-refractivity contribution in [1.82, 2.24) is 0 Å². The van der Waals surface area contributed by atoms with Crippen molar-refractivity contribution < 1.29 is 14.6 Å². The summed E-state index contributed by atoms with van der Waals surface area (Å²) in [7, 11) is 1.50. The van der Waals surface area contributed by atoms with Crippen LogP contribution in [0.15, 0.2) is 0 Å². The molecule has 1 N–H and O–H groups in total. The van der Waals surface area contributed by atoms with Crippen LogP contribution in [0.25, 0.3) is 0 Å². The van der Waals surface area contributed by atoms with E-state index in [4.69, 9.17) is 4.74 Å². The number of rotatable bonds is 5. The van der Waals surface area contributed by atoms with Gasteiger partial charge in [-0.05, 0) is 118 Å². The van der Waals surface area contributed by atoms with Crippen LogP contribution >= 0.6 is 0 Å². The highest BCUT2D eigenvalue weighted by Gasteiger charge is 2.57. The Morgan fingerprint density at radius 3 is 2.57 bits per heavy atom. The fraction of sp³-hybridized carbons (Fsp3) is 0.960. The van der Waals surface area contributed by atoms with E-state index < -0.39 is 0 Å². The molecular formula is C25H42O3. The van der Waals surface area contributed by atoms with Crippen LogP contribution in [0.4, 0.5) is 0 Å². The van der Waals surface area contributed by atoms with Gasteiger partial charge in [0.25, 0.3) is 0 Å². The van der Waals surface area contributed by atoms with Gasteiger partial charge in [-0.15, -0.1) is 0 Å². The summed E-state index contributed by atoms with van der Waals surface area (Å²) >= 11 is 0. The molecule has 0 bridgehead atoms. The first-order valence-electron chi connectivity index (χ1n) is 12.2. The molecule has 4 rings (SSSR count). The summed E-state index contributed by atoms with van der Waals surface area (Å²) in [4.78, 5) is 11.5. The van der Waals surface area contributed by atoms with Crippen LogP contribution in [-0.4, -0.2) is 23.8 Å². The van der Waals surface area contributed by atoms with Gasteiger partial charge in [0.05, 0.1) is 12.7 Å². The Labute approximate surface area is 172 Å². The Balaban J connectivity index is 1.40. The Morgan fingerprint density at radius 2 is 1.82 bits per heavy atom. The predicted molar refractivity (Wildman–Crippen MR) is 112 cm³/mol. The van der Waals surface area contributed by atoms with Crippen LogP contribution in [0.3, 0.4) is 0 Å². The van der Waals surface area contributed by atoms with Crippen molar-refractivity contribution in [3.05, 3.63) is 0 Å². The monoisotopic (exact) mass is 390 g/mol. The molecular weight excluding hydrogens is 348 g/mol. The Kier molecular flexibility index (Phi) is 5.86. The van der Waals surface area contributed by atoms with Crippen molar-refractivity contribution in [3.63, 3.8) is 0 Å².